The van der Waals surface area contributed by atoms with Crippen LogP contribution < -0.4 is 0 Å². The molecule has 11 nitrogen and oxygen atoms in total. The number of rotatable bonds is 12. The predicted molar refractivity (Wildman–Crippen MR) is 93.4 cm³/mol. The Morgan fingerprint density at radius 1 is 1.22 bits per heavy atom. The van der Waals surface area contributed by atoms with E-state index in [1.807, 2.05) is 0 Å². The molecule has 160 valence electrons. The van der Waals surface area contributed by atoms with Crippen LogP contribution >= 0.6 is 0 Å². The van der Waals surface area contributed by atoms with Crippen molar-refractivity contribution in [3.05, 3.63) is 0 Å². The van der Waals surface area contributed by atoms with Crippen molar-refractivity contribution in [2.45, 2.75) is 46.5 Å². The molecule has 2 unspecified atom stereocenters. The van der Waals surface area contributed by atoms with E-state index in [0.29, 0.717) is 0 Å². The summed E-state index contributed by atoms with van der Waals surface area (Å²) in [4.78, 5) is 23.1. The van der Waals surface area contributed by atoms with Crippen molar-refractivity contribution in [3.8, 4) is 0 Å². The lowest BCUT2D eigenvalue weighted by molar-refractivity contribution is -0.184. The maximum Gasteiger partial charge on any atom is 0.511 e. The van der Waals surface area contributed by atoms with E-state index in [2.05, 4.69) is 9.47 Å². The topological polar surface area (TPSA) is 163 Å². The smallest absolute Gasteiger partial charge is 0.435 e. The minimum absolute atomic E-state index is 0.0647. The van der Waals surface area contributed by atoms with Gasteiger partial charge in [-0.1, -0.05) is 13.8 Å². The minimum atomic E-state index is -4.01. The number of aliphatic hydroxyl groups is 1. The molecule has 3 atom stereocenters. The number of hydrogen-bond donors (Lipinski definition) is 2. The zero-order valence-electron chi connectivity index (χ0n) is 15.6. The summed E-state index contributed by atoms with van der Waals surface area (Å²) in [5.74, 6) is -1.85. The summed E-state index contributed by atoms with van der Waals surface area (Å²) in [6.07, 6.45) is -4.24. The van der Waals surface area contributed by atoms with Crippen LogP contribution in [0.4, 0.5) is 4.79 Å². The first kappa shape index (κ1) is 25.7. The molecular weight excluding hydrogens is 408 g/mol. The highest BCUT2D eigenvalue weighted by molar-refractivity contribution is 7.86. The van der Waals surface area contributed by atoms with Gasteiger partial charge in [-0.25, -0.2) is 13.8 Å². The molecular formula is C14H26O11S2. The maximum absolute atomic E-state index is 11.9. The first-order valence-corrected chi connectivity index (χ1v) is 10.8. The Hall–Kier alpha value is -1.28. The van der Waals surface area contributed by atoms with Gasteiger partial charge in [-0.3, -0.25) is 4.18 Å². The van der Waals surface area contributed by atoms with Crippen molar-refractivity contribution in [2.75, 3.05) is 24.7 Å². The second kappa shape index (κ2) is 11.5. The van der Waals surface area contributed by atoms with Gasteiger partial charge in [-0.2, -0.15) is 8.42 Å². The van der Waals surface area contributed by atoms with Gasteiger partial charge in [0, 0.05) is 12.3 Å². The van der Waals surface area contributed by atoms with Crippen LogP contribution in [-0.4, -0.2) is 71.5 Å². The first-order chi connectivity index (χ1) is 12.3. The summed E-state index contributed by atoms with van der Waals surface area (Å²) in [7, 11) is -4.01. The van der Waals surface area contributed by atoms with Gasteiger partial charge >= 0.3 is 12.1 Å². The summed E-state index contributed by atoms with van der Waals surface area (Å²) in [5, 5.41) is 10.1. The van der Waals surface area contributed by atoms with Crippen molar-refractivity contribution in [1.29, 1.82) is 0 Å². The number of hydrogen-bond acceptors (Lipinski definition) is 10. The van der Waals surface area contributed by atoms with Crippen LogP contribution in [0.15, 0.2) is 0 Å². The Morgan fingerprint density at radius 2 is 1.81 bits per heavy atom. The molecule has 0 heterocycles. The Bertz CT molecular complexity index is 615. The summed E-state index contributed by atoms with van der Waals surface area (Å²) in [6.45, 7) is 5.06. The SMILES string of the molecule is CCOC(=O)OC(C)OC(=O)[C@@H](O)C(C)(C)COS(=O)(=O)CCCS(=O)O. The van der Waals surface area contributed by atoms with Gasteiger partial charge in [0.15, 0.2) is 17.2 Å². The first-order valence-electron chi connectivity index (χ1n) is 7.97. The molecule has 0 aromatic heterocycles. The Labute approximate surface area is 160 Å². The highest BCUT2D eigenvalue weighted by atomic mass is 32.2. The molecule has 0 aliphatic heterocycles. The van der Waals surface area contributed by atoms with Crippen molar-refractivity contribution >= 4 is 33.3 Å². The van der Waals surface area contributed by atoms with E-state index in [1.54, 1.807) is 6.92 Å². The van der Waals surface area contributed by atoms with Gasteiger partial charge in [-0.15, -0.1) is 0 Å². The highest BCUT2D eigenvalue weighted by Crippen LogP contribution is 2.24. The number of esters is 1. The lowest BCUT2D eigenvalue weighted by Crippen LogP contribution is -2.43. The normalized spacial score (nSPS) is 15.5. The summed E-state index contributed by atoms with van der Waals surface area (Å²) >= 11 is -2.11. The molecule has 0 saturated carbocycles. The third kappa shape index (κ3) is 11.2. The Balaban J connectivity index is 4.60. The van der Waals surface area contributed by atoms with Crippen LogP contribution in [0.2, 0.25) is 0 Å². The van der Waals surface area contributed by atoms with Crippen LogP contribution in [0.1, 0.15) is 34.1 Å². The Morgan fingerprint density at radius 3 is 2.33 bits per heavy atom. The zero-order valence-corrected chi connectivity index (χ0v) is 17.2. The lowest BCUT2D eigenvalue weighted by Gasteiger charge is -2.29. The zero-order chi connectivity index (χ0) is 21.3. The van der Waals surface area contributed by atoms with Crippen molar-refractivity contribution in [2.24, 2.45) is 5.41 Å². The van der Waals surface area contributed by atoms with Gasteiger partial charge in [0.25, 0.3) is 10.1 Å². The van der Waals surface area contributed by atoms with Crippen LogP contribution in [-0.2, 0) is 44.4 Å². The highest BCUT2D eigenvalue weighted by Gasteiger charge is 2.37. The molecule has 13 heteroatoms. The molecule has 2 N–H and O–H groups in total. The molecule has 0 aromatic carbocycles. The molecule has 0 aliphatic rings. The molecule has 27 heavy (non-hydrogen) atoms. The largest absolute Gasteiger partial charge is 0.511 e. The molecule has 0 aromatic rings. The second-order valence-electron chi connectivity index (χ2n) is 6.10. The van der Waals surface area contributed by atoms with E-state index in [9.17, 15) is 27.3 Å². The van der Waals surface area contributed by atoms with Gasteiger partial charge in [0.2, 0.25) is 6.29 Å². The van der Waals surface area contributed by atoms with Crippen LogP contribution in [0.3, 0.4) is 0 Å². The van der Waals surface area contributed by atoms with Crippen LogP contribution in [0, 0.1) is 5.41 Å². The van der Waals surface area contributed by atoms with Crippen LogP contribution in [0.5, 0.6) is 0 Å². The van der Waals surface area contributed by atoms with Gasteiger partial charge < -0.3 is 23.9 Å². The van der Waals surface area contributed by atoms with Crippen molar-refractivity contribution in [3.63, 3.8) is 0 Å². The standard InChI is InChI=1S/C14H26O11S2/c1-5-22-13(17)25-10(2)24-12(16)11(15)14(3,4)9-23-27(20,21)8-6-7-26(18)19/h10-11,15H,5-9H2,1-4H3,(H,18,19)/t10?,11-/m1/s1. The van der Waals surface area contributed by atoms with Gasteiger partial charge in [0.05, 0.1) is 24.7 Å². The van der Waals surface area contributed by atoms with Crippen LogP contribution in [0.25, 0.3) is 0 Å². The quantitative estimate of drug-likeness (QED) is 0.189. The minimum Gasteiger partial charge on any atom is -0.435 e. The monoisotopic (exact) mass is 434 g/mol. The number of carbonyl (C=O) groups excluding carboxylic acids is 2. The molecule has 0 spiro atoms. The fraction of sp³-hybridized carbons (Fsp3) is 0.857. The van der Waals surface area contributed by atoms with E-state index >= 15 is 0 Å². The second-order valence-corrected chi connectivity index (χ2v) is 8.91. The van der Waals surface area contributed by atoms with Crippen molar-refractivity contribution in [1.82, 2.24) is 0 Å². The summed E-state index contributed by atoms with van der Waals surface area (Å²) in [6, 6.07) is 0. The molecule has 0 radical (unpaired) electrons. The molecule has 0 rings (SSSR count). The third-order valence-corrected chi connectivity index (χ3v) is 5.00. The molecule has 0 saturated heterocycles. The summed E-state index contributed by atoms with van der Waals surface area (Å²) < 4.78 is 61.3. The summed E-state index contributed by atoms with van der Waals surface area (Å²) in [5.41, 5.74) is -1.35. The lowest BCUT2D eigenvalue weighted by atomic mass is 9.88. The van der Waals surface area contributed by atoms with Crippen molar-refractivity contribution < 1.29 is 50.3 Å². The fourth-order valence-electron chi connectivity index (χ4n) is 1.60. The third-order valence-electron chi connectivity index (χ3n) is 3.09. The number of carbonyl (C=O) groups is 2. The van der Waals surface area contributed by atoms with E-state index in [0.717, 1.165) is 0 Å². The van der Waals surface area contributed by atoms with E-state index in [4.69, 9.17) is 13.5 Å². The predicted octanol–water partition coefficient (Wildman–Crippen LogP) is 0.394. The Kier molecular flexibility index (Phi) is 11.0. The van der Waals surface area contributed by atoms with E-state index in [1.165, 1.54) is 20.8 Å². The molecule has 0 aliphatic carbocycles. The molecule has 0 bridgehead atoms. The number of aliphatic hydroxyl groups excluding tert-OH is 1. The molecule has 0 amide bonds. The van der Waals surface area contributed by atoms with Gasteiger partial charge in [-0.05, 0) is 13.3 Å². The number of ether oxygens (including phenoxy) is 3. The maximum atomic E-state index is 11.9. The average molecular weight is 434 g/mol. The molecule has 0 fully saturated rings. The van der Waals surface area contributed by atoms with Gasteiger partial charge in [0.1, 0.15) is 0 Å². The van der Waals surface area contributed by atoms with E-state index < -0.39 is 63.5 Å². The van der Waals surface area contributed by atoms with E-state index in [-0.39, 0.29) is 18.8 Å². The average Bonchev–Trinajstić information content (AvgIpc) is 2.51. The fourth-order valence-corrected chi connectivity index (χ4v) is 3.27.